The van der Waals surface area contributed by atoms with E-state index in [-0.39, 0.29) is 18.6 Å². The number of aromatic amines is 1. The summed E-state index contributed by atoms with van der Waals surface area (Å²) in [5.74, 6) is 0.396. The molecule has 1 atom stereocenters. The van der Waals surface area contributed by atoms with Gasteiger partial charge in [0.25, 0.3) is 5.91 Å². The second kappa shape index (κ2) is 8.75. The number of carbonyl (C=O) groups excluding carboxylic acids is 1. The molecule has 0 aliphatic heterocycles. The number of aliphatic hydroxyl groups excluding tert-OH is 1. The van der Waals surface area contributed by atoms with Crippen molar-refractivity contribution in [3.8, 4) is 16.9 Å². The first kappa shape index (κ1) is 19.6. The number of nitrogens with one attached hydrogen (secondary N) is 2. The first-order valence-corrected chi connectivity index (χ1v) is 9.62. The molecule has 3 N–H and O–H groups in total. The third kappa shape index (κ3) is 4.16. The Morgan fingerprint density at radius 1 is 1.13 bits per heavy atom. The molecule has 7 nitrogen and oxygen atoms in total. The first-order chi connectivity index (χ1) is 14.7. The van der Waals surface area contributed by atoms with Gasteiger partial charge in [-0.25, -0.2) is 0 Å². The molecule has 4 rings (SSSR count). The van der Waals surface area contributed by atoms with Crippen LogP contribution in [0.5, 0.6) is 5.75 Å². The molecule has 30 heavy (non-hydrogen) atoms. The summed E-state index contributed by atoms with van der Waals surface area (Å²) in [6.07, 6.45) is 5.65. The molecule has 0 bridgehead atoms. The van der Waals surface area contributed by atoms with Crippen LogP contribution >= 0.6 is 0 Å². The van der Waals surface area contributed by atoms with E-state index in [1.165, 1.54) is 0 Å². The van der Waals surface area contributed by atoms with Crippen LogP contribution in [0.2, 0.25) is 0 Å². The minimum atomic E-state index is -0.354. The number of aliphatic hydroxyl groups is 1. The van der Waals surface area contributed by atoms with Crippen LogP contribution in [-0.4, -0.2) is 39.9 Å². The molecule has 0 aliphatic rings. The number of amides is 1. The molecule has 0 fully saturated rings. The summed E-state index contributed by atoms with van der Waals surface area (Å²) in [5, 5.41) is 21.1. The van der Waals surface area contributed by atoms with Crippen molar-refractivity contribution >= 4 is 16.7 Å². The van der Waals surface area contributed by atoms with E-state index in [4.69, 9.17) is 4.74 Å². The van der Waals surface area contributed by atoms with Crippen molar-refractivity contribution in [2.45, 2.75) is 12.5 Å². The Morgan fingerprint density at radius 2 is 2.03 bits per heavy atom. The number of nitrogens with zero attached hydrogens (tertiary/aromatic N) is 2. The zero-order valence-corrected chi connectivity index (χ0v) is 16.5. The lowest BCUT2D eigenvalue weighted by molar-refractivity contribution is 0.0925. The second-order valence-electron chi connectivity index (χ2n) is 6.93. The van der Waals surface area contributed by atoms with E-state index in [0.29, 0.717) is 17.9 Å². The summed E-state index contributed by atoms with van der Waals surface area (Å²) >= 11 is 0. The molecule has 2 heterocycles. The fourth-order valence-electron chi connectivity index (χ4n) is 3.40. The van der Waals surface area contributed by atoms with Crippen LogP contribution in [0.3, 0.4) is 0 Å². The van der Waals surface area contributed by atoms with Crippen LogP contribution in [0.15, 0.2) is 67.1 Å². The highest BCUT2D eigenvalue weighted by atomic mass is 16.5. The normalized spacial score (nSPS) is 11.9. The van der Waals surface area contributed by atoms with Crippen molar-refractivity contribution in [2.75, 3.05) is 13.7 Å². The fourth-order valence-corrected chi connectivity index (χ4v) is 3.40. The van der Waals surface area contributed by atoms with E-state index in [1.54, 1.807) is 25.6 Å². The standard InChI is InChI=1S/C23H22N4O3/c1-30-20-4-2-3-16(10-20)21(7-8-28)27-23(29)22-11-18-9-15(19-13-25-26-14-19)5-6-17(18)12-24-22/h2-6,9-14,21,28H,7-8H2,1H3,(H,25,26)(H,27,29). The van der Waals surface area contributed by atoms with Gasteiger partial charge in [-0.05, 0) is 47.2 Å². The summed E-state index contributed by atoms with van der Waals surface area (Å²) < 4.78 is 5.27. The highest BCUT2D eigenvalue weighted by Crippen LogP contribution is 2.25. The SMILES string of the molecule is COc1cccc(C(CCO)NC(=O)c2cc3cc(-c4cn[nH]c4)ccc3cn2)c1. The lowest BCUT2D eigenvalue weighted by Gasteiger charge is -2.19. The van der Waals surface area contributed by atoms with Crippen molar-refractivity contribution in [1.82, 2.24) is 20.5 Å². The highest BCUT2D eigenvalue weighted by Gasteiger charge is 2.17. The van der Waals surface area contributed by atoms with Crippen molar-refractivity contribution in [1.29, 1.82) is 0 Å². The number of pyridine rings is 1. The molecule has 1 unspecified atom stereocenters. The average Bonchev–Trinajstić information content (AvgIpc) is 3.33. The predicted molar refractivity (Wildman–Crippen MR) is 114 cm³/mol. The van der Waals surface area contributed by atoms with E-state index in [9.17, 15) is 9.90 Å². The maximum Gasteiger partial charge on any atom is 0.270 e. The van der Waals surface area contributed by atoms with Crippen molar-refractivity contribution in [3.63, 3.8) is 0 Å². The zero-order valence-electron chi connectivity index (χ0n) is 16.5. The number of H-pyrrole nitrogens is 1. The minimum absolute atomic E-state index is 0.0542. The number of hydrogen-bond donors (Lipinski definition) is 3. The number of aromatic nitrogens is 3. The van der Waals surface area contributed by atoms with Crippen LogP contribution in [-0.2, 0) is 0 Å². The van der Waals surface area contributed by atoms with Gasteiger partial charge in [0.05, 0.1) is 19.3 Å². The van der Waals surface area contributed by atoms with Crippen LogP contribution < -0.4 is 10.1 Å². The Morgan fingerprint density at radius 3 is 2.80 bits per heavy atom. The third-order valence-electron chi connectivity index (χ3n) is 5.01. The summed E-state index contributed by atoms with van der Waals surface area (Å²) in [4.78, 5) is 17.2. The van der Waals surface area contributed by atoms with Gasteiger partial charge < -0.3 is 15.2 Å². The molecule has 2 aromatic carbocycles. The monoisotopic (exact) mass is 402 g/mol. The Hall–Kier alpha value is -3.71. The van der Waals surface area contributed by atoms with Crippen LogP contribution in [0.1, 0.15) is 28.5 Å². The van der Waals surface area contributed by atoms with E-state index >= 15 is 0 Å². The molecule has 0 spiro atoms. The van der Waals surface area contributed by atoms with Gasteiger partial charge in [-0.3, -0.25) is 14.9 Å². The number of rotatable bonds is 7. The molecular weight excluding hydrogens is 380 g/mol. The molecule has 0 aliphatic carbocycles. The lowest BCUT2D eigenvalue weighted by atomic mass is 10.0. The van der Waals surface area contributed by atoms with Crippen molar-refractivity contribution in [3.05, 3.63) is 78.4 Å². The summed E-state index contributed by atoms with van der Waals surface area (Å²) in [6.45, 7) is -0.0542. The Labute approximate surface area is 173 Å². The fraction of sp³-hybridized carbons (Fsp3) is 0.174. The van der Waals surface area contributed by atoms with Crippen LogP contribution in [0, 0.1) is 0 Å². The summed E-state index contributed by atoms with van der Waals surface area (Å²) in [5.41, 5.74) is 3.15. The molecule has 2 aromatic heterocycles. The van der Waals surface area contributed by atoms with E-state index in [1.807, 2.05) is 48.7 Å². The molecular formula is C23H22N4O3. The Kier molecular flexibility index (Phi) is 5.72. The van der Waals surface area contributed by atoms with Crippen molar-refractivity contribution < 1.29 is 14.6 Å². The average molecular weight is 402 g/mol. The number of fused-ring (bicyclic) bond motifs is 1. The third-order valence-corrected chi connectivity index (χ3v) is 5.01. The Bertz CT molecular complexity index is 1160. The maximum absolute atomic E-state index is 12.9. The van der Waals surface area contributed by atoms with Gasteiger partial charge in [-0.2, -0.15) is 5.10 Å². The van der Waals surface area contributed by atoms with Gasteiger partial charge in [0.15, 0.2) is 0 Å². The Balaban J connectivity index is 1.60. The van der Waals surface area contributed by atoms with Gasteiger partial charge in [0.2, 0.25) is 0 Å². The predicted octanol–water partition coefficient (Wildman–Crippen LogP) is 3.49. The van der Waals surface area contributed by atoms with Gasteiger partial charge in [-0.1, -0.05) is 24.3 Å². The quantitative estimate of drug-likeness (QED) is 0.439. The summed E-state index contributed by atoms with van der Waals surface area (Å²) in [6, 6.07) is 14.8. The second-order valence-corrected chi connectivity index (χ2v) is 6.93. The molecule has 7 heteroatoms. The van der Waals surface area contributed by atoms with Gasteiger partial charge in [-0.15, -0.1) is 0 Å². The number of hydrogen-bond acceptors (Lipinski definition) is 5. The topological polar surface area (TPSA) is 100 Å². The molecule has 0 saturated carbocycles. The van der Waals surface area contributed by atoms with E-state index in [2.05, 4.69) is 20.5 Å². The van der Waals surface area contributed by atoms with Gasteiger partial charge in [0.1, 0.15) is 11.4 Å². The zero-order chi connectivity index (χ0) is 20.9. The largest absolute Gasteiger partial charge is 0.497 e. The maximum atomic E-state index is 12.9. The minimum Gasteiger partial charge on any atom is -0.497 e. The van der Waals surface area contributed by atoms with E-state index < -0.39 is 0 Å². The molecule has 0 saturated heterocycles. The lowest BCUT2D eigenvalue weighted by Crippen LogP contribution is -2.29. The van der Waals surface area contributed by atoms with E-state index in [0.717, 1.165) is 27.5 Å². The smallest absolute Gasteiger partial charge is 0.270 e. The number of methoxy groups -OCH3 is 1. The summed E-state index contributed by atoms with van der Waals surface area (Å²) in [7, 11) is 1.59. The highest BCUT2D eigenvalue weighted by molar-refractivity contribution is 5.97. The van der Waals surface area contributed by atoms with Crippen LogP contribution in [0.25, 0.3) is 21.9 Å². The number of benzene rings is 2. The molecule has 4 aromatic rings. The number of carbonyl (C=O) groups is 1. The number of ether oxygens (including phenoxy) is 1. The molecule has 0 radical (unpaired) electrons. The van der Waals surface area contributed by atoms with Gasteiger partial charge in [0, 0.05) is 30.0 Å². The van der Waals surface area contributed by atoms with Crippen LogP contribution in [0.4, 0.5) is 0 Å². The molecule has 1 amide bonds. The first-order valence-electron chi connectivity index (χ1n) is 9.62. The van der Waals surface area contributed by atoms with Gasteiger partial charge >= 0.3 is 0 Å². The van der Waals surface area contributed by atoms with Crippen molar-refractivity contribution in [2.24, 2.45) is 0 Å². The molecule has 152 valence electrons.